The van der Waals surface area contributed by atoms with E-state index >= 15 is 0 Å². The normalized spacial score (nSPS) is 11.9. The fraction of sp³-hybridized carbons (Fsp3) is 0.263. The second-order valence-electron chi connectivity index (χ2n) is 7.46. The molecule has 1 aromatic carbocycles. The summed E-state index contributed by atoms with van der Waals surface area (Å²) in [7, 11) is 0. The number of amides is 1. The van der Waals surface area contributed by atoms with E-state index in [4.69, 9.17) is 4.74 Å². The van der Waals surface area contributed by atoms with Gasteiger partial charge < -0.3 is 15.0 Å². The first-order chi connectivity index (χ1) is 12.8. The Kier molecular flexibility index (Phi) is 3.83. The van der Waals surface area contributed by atoms with Crippen molar-refractivity contribution in [1.82, 2.24) is 30.0 Å². The van der Waals surface area contributed by atoms with Crippen LogP contribution in [0.15, 0.2) is 36.8 Å². The van der Waals surface area contributed by atoms with Crippen molar-refractivity contribution in [2.24, 2.45) is 0 Å². The third kappa shape index (κ3) is 3.33. The van der Waals surface area contributed by atoms with E-state index in [2.05, 4.69) is 31.4 Å². The average molecular weight is 364 g/mol. The topological polar surface area (TPSA) is 97.7 Å². The smallest absolute Gasteiger partial charge is 0.406 e. The fourth-order valence-electron chi connectivity index (χ4n) is 2.81. The van der Waals surface area contributed by atoms with Crippen LogP contribution in [0.4, 0.5) is 4.79 Å². The predicted molar refractivity (Wildman–Crippen MR) is 102 cm³/mol. The SMILES string of the molecule is Cc1ccc2c(cnn2-c2cnc3[nH]cc(OC(=O)NC(C)(C)C)c3n2)c1. The number of aromatic nitrogens is 5. The quantitative estimate of drug-likeness (QED) is 0.567. The Hall–Kier alpha value is -3.42. The van der Waals surface area contributed by atoms with Gasteiger partial charge in [-0.2, -0.15) is 5.10 Å². The van der Waals surface area contributed by atoms with Crippen LogP contribution in [-0.2, 0) is 0 Å². The molecule has 0 radical (unpaired) electrons. The van der Waals surface area contributed by atoms with E-state index in [0.29, 0.717) is 22.7 Å². The Morgan fingerprint density at radius 3 is 2.85 bits per heavy atom. The molecule has 3 aromatic heterocycles. The molecular formula is C19H20N6O2. The molecule has 0 aliphatic carbocycles. The maximum Gasteiger partial charge on any atom is 0.413 e. The summed E-state index contributed by atoms with van der Waals surface area (Å²) in [6.45, 7) is 7.68. The highest BCUT2D eigenvalue weighted by atomic mass is 16.6. The van der Waals surface area contributed by atoms with Crippen LogP contribution in [-0.4, -0.2) is 36.4 Å². The highest BCUT2D eigenvalue weighted by Gasteiger charge is 2.18. The minimum Gasteiger partial charge on any atom is -0.406 e. The van der Waals surface area contributed by atoms with Crippen molar-refractivity contribution in [3.05, 3.63) is 42.4 Å². The third-order valence-electron chi connectivity index (χ3n) is 3.95. The molecule has 27 heavy (non-hydrogen) atoms. The number of rotatable bonds is 2. The number of aryl methyl sites for hydroxylation is 1. The van der Waals surface area contributed by atoms with Gasteiger partial charge in [-0.1, -0.05) is 11.6 Å². The monoisotopic (exact) mass is 364 g/mol. The van der Waals surface area contributed by atoms with Crippen molar-refractivity contribution >= 4 is 28.2 Å². The van der Waals surface area contributed by atoms with Gasteiger partial charge in [0.2, 0.25) is 0 Å². The van der Waals surface area contributed by atoms with E-state index in [1.54, 1.807) is 23.3 Å². The summed E-state index contributed by atoms with van der Waals surface area (Å²) >= 11 is 0. The van der Waals surface area contributed by atoms with Crippen LogP contribution in [0.2, 0.25) is 0 Å². The van der Waals surface area contributed by atoms with Crippen molar-refractivity contribution in [2.75, 3.05) is 0 Å². The Balaban J connectivity index is 1.72. The molecule has 1 amide bonds. The third-order valence-corrected chi connectivity index (χ3v) is 3.95. The minimum atomic E-state index is -0.546. The second-order valence-corrected chi connectivity index (χ2v) is 7.46. The Morgan fingerprint density at radius 2 is 2.07 bits per heavy atom. The molecule has 2 N–H and O–H groups in total. The summed E-state index contributed by atoms with van der Waals surface area (Å²) in [5.41, 5.74) is 2.69. The zero-order valence-electron chi connectivity index (χ0n) is 15.6. The molecule has 3 heterocycles. The fourth-order valence-corrected chi connectivity index (χ4v) is 2.81. The molecule has 4 rings (SSSR count). The number of nitrogens with one attached hydrogen (secondary N) is 2. The van der Waals surface area contributed by atoms with E-state index < -0.39 is 11.6 Å². The molecule has 4 aromatic rings. The molecule has 138 valence electrons. The number of hydrogen-bond acceptors (Lipinski definition) is 5. The second kappa shape index (κ2) is 6.08. The molecule has 0 saturated carbocycles. The van der Waals surface area contributed by atoms with Gasteiger partial charge in [0, 0.05) is 17.1 Å². The number of benzene rings is 1. The van der Waals surface area contributed by atoms with E-state index in [9.17, 15) is 4.79 Å². The van der Waals surface area contributed by atoms with Gasteiger partial charge in [-0.3, -0.25) is 0 Å². The number of ether oxygens (including phenoxy) is 1. The molecule has 0 atom stereocenters. The van der Waals surface area contributed by atoms with Gasteiger partial charge in [0.15, 0.2) is 22.7 Å². The molecule has 0 aliphatic rings. The van der Waals surface area contributed by atoms with E-state index in [1.165, 1.54) is 0 Å². The van der Waals surface area contributed by atoms with Crippen LogP contribution in [0.25, 0.3) is 27.9 Å². The number of hydrogen-bond donors (Lipinski definition) is 2. The predicted octanol–water partition coefficient (Wildman–Crippen LogP) is 3.49. The molecule has 0 spiro atoms. The van der Waals surface area contributed by atoms with E-state index in [0.717, 1.165) is 16.5 Å². The molecule has 8 nitrogen and oxygen atoms in total. The van der Waals surface area contributed by atoms with Gasteiger partial charge in [-0.05, 0) is 39.8 Å². The van der Waals surface area contributed by atoms with Crippen LogP contribution in [0.5, 0.6) is 5.75 Å². The maximum absolute atomic E-state index is 12.1. The Bertz CT molecular complexity index is 1150. The van der Waals surface area contributed by atoms with Crippen molar-refractivity contribution < 1.29 is 9.53 Å². The zero-order chi connectivity index (χ0) is 19.2. The van der Waals surface area contributed by atoms with Crippen LogP contribution >= 0.6 is 0 Å². The lowest BCUT2D eigenvalue weighted by Crippen LogP contribution is -2.42. The highest BCUT2D eigenvalue weighted by Crippen LogP contribution is 2.25. The van der Waals surface area contributed by atoms with Gasteiger partial charge in [0.1, 0.15) is 0 Å². The summed E-state index contributed by atoms with van der Waals surface area (Å²) < 4.78 is 7.12. The first kappa shape index (κ1) is 17.0. The van der Waals surface area contributed by atoms with Crippen molar-refractivity contribution in [3.63, 3.8) is 0 Å². The first-order valence-corrected chi connectivity index (χ1v) is 8.59. The van der Waals surface area contributed by atoms with Gasteiger partial charge in [0.25, 0.3) is 0 Å². The lowest BCUT2D eigenvalue weighted by molar-refractivity contribution is 0.191. The zero-order valence-corrected chi connectivity index (χ0v) is 15.6. The molecule has 0 bridgehead atoms. The number of nitrogens with zero attached hydrogens (tertiary/aromatic N) is 4. The van der Waals surface area contributed by atoms with Crippen LogP contribution in [0, 0.1) is 6.92 Å². The number of aromatic amines is 1. The summed E-state index contributed by atoms with van der Waals surface area (Å²) in [4.78, 5) is 24.0. The Morgan fingerprint density at radius 1 is 1.26 bits per heavy atom. The highest BCUT2D eigenvalue weighted by molar-refractivity contribution is 5.84. The number of fused-ring (bicyclic) bond motifs is 2. The molecular weight excluding hydrogens is 344 g/mol. The summed E-state index contributed by atoms with van der Waals surface area (Å²) in [6.07, 6.45) is 4.45. The van der Waals surface area contributed by atoms with Gasteiger partial charge in [-0.15, -0.1) is 0 Å². The van der Waals surface area contributed by atoms with Gasteiger partial charge in [0.05, 0.1) is 17.9 Å². The Labute approximate surface area is 155 Å². The first-order valence-electron chi connectivity index (χ1n) is 8.59. The lowest BCUT2D eigenvalue weighted by Gasteiger charge is -2.19. The standard InChI is InChI=1S/C19H20N6O2/c1-11-5-6-13-12(7-11)8-22-25(13)15-10-21-17-16(23-15)14(9-20-17)27-18(26)24-19(2,3)4/h5-10H,1-4H3,(H,20,21)(H,24,26). The summed E-state index contributed by atoms with van der Waals surface area (Å²) in [6, 6.07) is 6.08. The molecule has 0 aliphatic heterocycles. The number of H-pyrrole nitrogens is 1. The maximum atomic E-state index is 12.1. The molecule has 0 fully saturated rings. The van der Waals surface area contributed by atoms with Gasteiger partial charge in [-0.25, -0.2) is 19.4 Å². The number of carbonyl (C=O) groups excluding carboxylic acids is 1. The largest absolute Gasteiger partial charge is 0.413 e. The number of carbonyl (C=O) groups is 1. The molecule has 0 saturated heterocycles. The average Bonchev–Trinajstić information content (AvgIpc) is 3.16. The minimum absolute atomic E-state index is 0.313. The summed E-state index contributed by atoms with van der Waals surface area (Å²) in [5.74, 6) is 0.857. The van der Waals surface area contributed by atoms with Crippen molar-refractivity contribution in [2.45, 2.75) is 33.2 Å². The molecule has 0 unspecified atom stereocenters. The van der Waals surface area contributed by atoms with Crippen molar-refractivity contribution in [3.8, 4) is 11.6 Å². The molecule has 8 heteroatoms. The van der Waals surface area contributed by atoms with Crippen LogP contribution in [0.1, 0.15) is 26.3 Å². The van der Waals surface area contributed by atoms with Gasteiger partial charge >= 0.3 is 6.09 Å². The van der Waals surface area contributed by atoms with E-state index in [1.807, 2.05) is 39.8 Å². The summed E-state index contributed by atoms with van der Waals surface area (Å²) in [5, 5.41) is 8.19. The lowest BCUT2D eigenvalue weighted by atomic mass is 10.1. The van der Waals surface area contributed by atoms with Crippen molar-refractivity contribution in [1.29, 1.82) is 0 Å². The van der Waals surface area contributed by atoms with Crippen LogP contribution in [0.3, 0.4) is 0 Å². The van der Waals surface area contributed by atoms with E-state index in [-0.39, 0.29) is 0 Å². The van der Waals surface area contributed by atoms with Crippen LogP contribution < -0.4 is 10.1 Å².